The SMILES string of the molecule is O=C(NC1CCCCC1)C(O)CCc1ccccc1. The minimum absolute atomic E-state index is 0.206. The van der Waals surface area contributed by atoms with Crippen LogP contribution in [0.4, 0.5) is 0 Å². The number of carbonyl (C=O) groups excluding carboxylic acids is 1. The first-order valence-electron chi connectivity index (χ1n) is 7.28. The highest BCUT2D eigenvalue weighted by molar-refractivity contribution is 5.80. The van der Waals surface area contributed by atoms with Crippen LogP contribution < -0.4 is 5.32 Å². The Labute approximate surface area is 115 Å². The van der Waals surface area contributed by atoms with Gasteiger partial charge in [-0.05, 0) is 31.2 Å². The van der Waals surface area contributed by atoms with Gasteiger partial charge in [-0.15, -0.1) is 0 Å². The number of rotatable bonds is 5. The topological polar surface area (TPSA) is 49.3 Å². The van der Waals surface area contributed by atoms with Gasteiger partial charge in [0.2, 0.25) is 5.91 Å². The molecule has 1 fully saturated rings. The summed E-state index contributed by atoms with van der Waals surface area (Å²) in [5, 5.41) is 12.9. The number of hydrogen-bond donors (Lipinski definition) is 2. The minimum Gasteiger partial charge on any atom is -0.383 e. The summed E-state index contributed by atoms with van der Waals surface area (Å²) in [5.74, 6) is -0.206. The molecule has 0 spiro atoms. The van der Waals surface area contributed by atoms with E-state index < -0.39 is 6.10 Å². The molecular weight excluding hydrogens is 238 g/mol. The summed E-state index contributed by atoms with van der Waals surface area (Å²) < 4.78 is 0. The van der Waals surface area contributed by atoms with Crippen molar-refractivity contribution in [2.75, 3.05) is 0 Å². The van der Waals surface area contributed by atoms with Crippen molar-refractivity contribution in [1.29, 1.82) is 0 Å². The zero-order valence-electron chi connectivity index (χ0n) is 11.3. The van der Waals surface area contributed by atoms with Gasteiger partial charge in [-0.3, -0.25) is 4.79 Å². The maximum Gasteiger partial charge on any atom is 0.249 e. The Bertz CT molecular complexity index is 385. The van der Waals surface area contributed by atoms with Crippen molar-refractivity contribution < 1.29 is 9.90 Å². The number of hydrogen-bond acceptors (Lipinski definition) is 2. The second kappa shape index (κ2) is 7.29. The lowest BCUT2D eigenvalue weighted by molar-refractivity contribution is -0.130. The van der Waals surface area contributed by atoms with Crippen LogP contribution >= 0.6 is 0 Å². The van der Waals surface area contributed by atoms with Crippen LogP contribution in [0.5, 0.6) is 0 Å². The summed E-state index contributed by atoms with van der Waals surface area (Å²) in [5.41, 5.74) is 1.16. The smallest absolute Gasteiger partial charge is 0.249 e. The van der Waals surface area contributed by atoms with Gasteiger partial charge in [0.15, 0.2) is 0 Å². The monoisotopic (exact) mass is 261 g/mol. The summed E-state index contributed by atoms with van der Waals surface area (Å²) in [6.07, 6.45) is 6.08. The summed E-state index contributed by atoms with van der Waals surface area (Å²) in [4.78, 5) is 11.9. The summed E-state index contributed by atoms with van der Waals surface area (Å²) in [6, 6.07) is 10.2. The number of benzene rings is 1. The van der Waals surface area contributed by atoms with Gasteiger partial charge in [0.1, 0.15) is 6.10 Å². The van der Waals surface area contributed by atoms with E-state index in [-0.39, 0.29) is 11.9 Å². The lowest BCUT2D eigenvalue weighted by Gasteiger charge is -2.24. The molecule has 0 bridgehead atoms. The Morgan fingerprint density at radius 3 is 2.58 bits per heavy atom. The fraction of sp³-hybridized carbons (Fsp3) is 0.562. The minimum atomic E-state index is -0.887. The Kier molecular flexibility index (Phi) is 5.40. The third-order valence-electron chi connectivity index (χ3n) is 3.80. The van der Waals surface area contributed by atoms with Gasteiger partial charge in [0.25, 0.3) is 0 Å². The Balaban J connectivity index is 1.72. The van der Waals surface area contributed by atoms with Gasteiger partial charge in [-0.1, -0.05) is 49.6 Å². The van der Waals surface area contributed by atoms with Gasteiger partial charge in [0.05, 0.1) is 0 Å². The molecule has 104 valence electrons. The van der Waals surface area contributed by atoms with Crippen LogP contribution in [0, 0.1) is 0 Å². The lowest BCUT2D eigenvalue weighted by atomic mass is 9.95. The normalized spacial score (nSPS) is 17.9. The molecule has 1 amide bonds. The van der Waals surface area contributed by atoms with E-state index in [2.05, 4.69) is 5.32 Å². The van der Waals surface area contributed by atoms with E-state index in [1.807, 2.05) is 30.3 Å². The lowest BCUT2D eigenvalue weighted by Crippen LogP contribution is -2.42. The second-order valence-electron chi connectivity index (χ2n) is 5.38. The molecule has 19 heavy (non-hydrogen) atoms. The summed E-state index contributed by atoms with van der Waals surface area (Å²) in [6.45, 7) is 0. The molecule has 1 aromatic rings. The van der Waals surface area contributed by atoms with Crippen LogP contribution in [0.2, 0.25) is 0 Å². The highest BCUT2D eigenvalue weighted by atomic mass is 16.3. The average Bonchev–Trinajstić information content (AvgIpc) is 2.47. The average molecular weight is 261 g/mol. The van der Waals surface area contributed by atoms with Gasteiger partial charge < -0.3 is 10.4 Å². The number of nitrogens with one attached hydrogen (secondary N) is 1. The van der Waals surface area contributed by atoms with Crippen LogP contribution in [0.3, 0.4) is 0 Å². The van der Waals surface area contributed by atoms with E-state index in [0.29, 0.717) is 6.42 Å². The van der Waals surface area contributed by atoms with Crippen molar-refractivity contribution >= 4 is 5.91 Å². The zero-order chi connectivity index (χ0) is 13.5. The number of amides is 1. The third-order valence-corrected chi connectivity index (χ3v) is 3.80. The molecular formula is C16H23NO2. The Hall–Kier alpha value is -1.35. The maximum absolute atomic E-state index is 11.9. The molecule has 1 aliphatic rings. The molecule has 1 aliphatic carbocycles. The number of carbonyl (C=O) groups is 1. The Morgan fingerprint density at radius 2 is 1.89 bits per heavy atom. The molecule has 3 heteroatoms. The fourth-order valence-electron chi connectivity index (χ4n) is 2.62. The highest BCUT2D eigenvalue weighted by Crippen LogP contribution is 2.17. The molecule has 0 saturated heterocycles. The molecule has 1 unspecified atom stereocenters. The van der Waals surface area contributed by atoms with Crippen LogP contribution in [0.1, 0.15) is 44.1 Å². The van der Waals surface area contributed by atoms with E-state index in [1.54, 1.807) is 0 Å². The second-order valence-corrected chi connectivity index (χ2v) is 5.38. The molecule has 0 aliphatic heterocycles. The van der Waals surface area contributed by atoms with Gasteiger partial charge in [-0.2, -0.15) is 0 Å². The third kappa shape index (κ3) is 4.67. The quantitative estimate of drug-likeness (QED) is 0.855. The number of aliphatic hydroxyl groups is 1. The van der Waals surface area contributed by atoms with Crippen molar-refractivity contribution in [3.05, 3.63) is 35.9 Å². The van der Waals surface area contributed by atoms with Gasteiger partial charge >= 0.3 is 0 Å². The van der Waals surface area contributed by atoms with E-state index >= 15 is 0 Å². The van der Waals surface area contributed by atoms with Crippen molar-refractivity contribution in [3.63, 3.8) is 0 Å². The van der Waals surface area contributed by atoms with Crippen molar-refractivity contribution in [2.45, 2.75) is 57.1 Å². The highest BCUT2D eigenvalue weighted by Gasteiger charge is 2.20. The van der Waals surface area contributed by atoms with Gasteiger partial charge in [0, 0.05) is 6.04 Å². The predicted octanol–water partition coefficient (Wildman–Crippen LogP) is 2.43. The van der Waals surface area contributed by atoms with Crippen molar-refractivity contribution in [3.8, 4) is 0 Å². The molecule has 0 radical (unpaired) electrons. The van der Waals surface area contributed by atoms with Crippen LogP contribution in [-0.2, 0) is 11.2 Å². The Morgan fingerprint density at radius 1 is 1.21 bits per heavy atom. The molecule has 1 saturated carbocycles. The standard InChI is InChI=1S/C16H23NO2/c18-15(12-11-13-7-3-1-4-8-13)16(19)17-14-9-5-2-6-10-14/h1,3-4,7-8,14-15,18H,2,5-6,9-12H2,(H,17,19). The summed E-state index contributed by atoms with van der Waals surface area (Å²) in [7, 11) is 0. The van der Waals surface area contributed by atoms with Crippen LogP contribution in [0.15, 0.2) is 30.3 Å². The van der Waals surface area contributed by atoms with E-state index in [1.165, 1.54) is 19.3 Å². The predicted molar refractivity (Wildman–Crippen MR) is 75.8 cm³/mol. The molecule has 2 N–H and O–H groups in total. The zero-order valence-corrected chi connectivity index (χ0v) is 11.3. The van der Waals surface area contributed by atoms with Gasteiger partial charge in [-0.25, -0.2) is 0 Å². The van der Waals surface area contributed by atoms with E-state index in [0.717, 1.165) is 24.8 Å². The molecule has 0 heterocycles. The van der Waals surface area contributed by atoms with Crippen molar-refractivity contribution in [1.82, 2.24) is 5.32 Å². The van der Waals surface area contributed by atoms with Crippen LogP contribution in [-0.4, -0.2) is 23.2 Å². The molecule has 2 rings (SSSR count). The van der Waals surface area contributed by atoms with Crippen molar-refractivity contribution in [2.24, 2.45) is 0 Å². The summed E-state index contributed by atoms with van der Waals surface area (Å²) >= 11 is 0. The van der Waals surface area contributed by atoms with E-state index in [9.17, 15) is 9.90 Å². The fourth-order valence-corrected chi connectivity index (χ4v) is 2.62. The largest absolute Gasteiger partial charge is 0.383 e. The molecule has 1 aromatic carbocycles. The molecule has 3 nitrogen and oxygen atoms in total. The van der Waals surface area contributed by atoms with Crippen LogP contribution in [0.25, 0.3) is 0 Å². The number of aliphatic hydroxyl groups excluding tert-OH is 1. The first-order chi connectivity index (χ1) is 9.25. The first kappa shape index (κ1) is 14.1. The maximum atomic E-state index is 11.9. The number of aryl methyl sites for hydroxylation is 1. The molecule has 1 atom stereocenters. The van der Waals surface area contributed by atoms with E-state index in [4.69, 9.17) is 0 Å². The first-order valence-corrected chi connectivity index (χ1v) is 7.28. The molecule has 0 aromatic heterocycles.